The van der Waals surface area contributed by atoms with Crippen molar-refractivity contribution in [3.8, 4) is 6.07 Å². The van der Waals surface area contributed by atoms with Crippen molar-refractivity contribution in [2.24, 2.45) is 0 Å². The fraction of sp³-hybridized carbons (Fsp3) is 0.414. The lowest BCUT2D eigenvalue weighted by atomic mass is 9.68. The van der Waals surface area contributed by atoms with E-state index in [1.54, 1.807) is 6.07 Å². The predicted octanol–water partition coefficient (Wildman–Crippen LogP) is 4.60. The first-order valence-corrected chi connectivity index (χ1v) is 12.0. The molecule has 0 atom stereocenters. The molecule has 1 fully saturated rings. The van der Waals surface area contributed by atoms with E-state index in [1.165, 1.54) is 0 Å². The molecule has 5 rings (SSSR count). The number of hydrogen-bond donors (Lipinski definition) is 0. The lowest BCUT2D eigenvalue weighted by Gasteiger charge is -2.42. The zero-order valence-electron chi connectivity index (χ0n) is 20.7. The standard InChI is InChI=1S/C29H31N3O2/c1-28(2,3)32-12-10-31(11-13-32)27(34)19-7-9-22-23(15-19)29(4,5)24-16-20-14-18(17-30)6-8-21(20)25(24)26(22)33/h6-9,14-15H,10-13,16H2,1-5H3. The van der Waals surface area contributed by atoms with Gasteiger partial charge in [-0.05, 0) is 79.8 Å². The number of piperazine rings is 1. The maximum Gasteiger partial charge on any atom is 0.253 e. The maximum absolute atomic E-state index is 13.6. The molecule has 0 bridgehead atoms. The number of benzene rings is 2. The second-order valence-corrected chi connectivity index (χ2v) is 11.2. The Kier molecular flexibility index (Phi) is 5.07. The minimum atomic E-state index is -0.383. The van der Waals surface area contributed by atoms with Gasteiger partial charge in [-0.25, -0.2) is 0 Å². The molecule has 0 saturated carbocycles. The topological polar surface area (TPSA) is 64.4 Å². The van der Waals surface area contributed by atoms with Gasteiger partial charge in [-0.1, -0.05) is 19.9 Å². The number of ketones is 1. The van der Waals surface area contributed by atoms with Crippen LogP contribution < -0.4 is 0 Å². The molecule has 5 nitrogen and oxygen atoms in total. The molecular weight excluding hydrogens is 422 g/mol. The molecule has 5 heteroatoms. The monoisotopic (exact) mass is 453 g/mol. The fourth-order valence-electron chi connectivity index (χ4n) is 5.74. The number of fused-ring (bicyclic) bond motifs is 3. The Morgan fingerprint density at radius 3 is 2.32 bits per heavy atom. The van der Waals surface area contributed by atoms with Crippen LogP contribution in [0.4, 0.5) is 0 Å². The fourth-order valence-corrected chi connectivity index (χ4v) is 5.74. The van der Waals surface area contributed by atoms with E-state index in [1.807, 2.05) is 35.2 Å². The first-order valence-electron chi connectivity index (χ1n) is 12.0. The largest absolute Gasteiger partial charge is 0.336 e. The van der Waals surface area contributed by atoms with E-state index in [-0.39, 0.29) is 22.6 Å². The molecular formula is C29H31N3O2. The maximum atomic E-state index is 13.6. The molecule has 0 N–H and O–H groups in total. The summed E-state index contributed by atoms with van der Waals surface area (Å²) < 4.78 is 0. The van der Waals surface area contributed by atoms with E-state index in [0.29, 0.717) is 36.2 Å². The molecule has 1 saturated heterocycles. The average molecular weight is 454 g/mol. The summed E-state index contributed by atoms with van der Waals surface area (Å²) in [5.74, 6) is 0.0540. The van der Waals surface area contributed by atoms with Crippen molar-refractivity contribution in [1.82, 2.24) is 9.80 Å². The van der Waals surface area contributed by atoms with Crippen molar-refractivity contribution in [2.75, 3.05) is 26.2 Å². The van der Waals surface area contributed by atoms with Crippen LogP contribution in [0, 0.1) is 11.3 Å². The van der Waals surface area contributed by atoms with Gasteiger partial charge in [0.15, 0.2) is 5.78 Å². The minimum absolute atomic E-state index is 0.0190. The quantitative estimate of drug-likeness (QED) is 0.633. The zero-order chi connectivity index (χ0) is 24.4. The molecule has 0 unspecified atom stereocenters. The SMILES string of the molecule is CC1(C)C2=C(C(=O)c3ccc(C(=O)N4CCN(C(C)(C)C)CC4)cc31)c1ccc(C#N)cc1C2. The van der Waals surface area contributed by atoms with Gasteiger partial charge in [0, 0.05) is 53.8 Å². The minimum Gasteiger partial charge on any atom is -0.336 e. The van der Waals surface area contributed by atoms with Crippen LogP contribution >= 0.6 is 0 Å². The Morgan fingerprint density at radius 1 is 1.00 bits per heavy atom. The highest BCUT2D eigenvalue weighted by Gasteiger charge is 2.43. The smallest absolute Gasteiger partial charge is 0.253 e. The van der Waals surface area contributed by atoms with Crippen LogP contribution in [-0.4, -0.2) is 53.2 Å². The highest BCUT2D eigenvalue weighted by atomic mass is 16.2. The molecule has 34 heavy (non-hydrogen) atoms. The van der Waals surface area contributed by atoms with Gasteiger partial charge in [-0.2, -0.15) is 5.26 Å². The molecule has 2 aliphatic carbocycles. The lowest BCUT2D eigenvalue weighted by molar-refractivity contribution is 0.0451. The second kappa shape index (κ2) is 7.65. The van der Waals surface area contributed by atoms with Gasteiger partial charge in [0.2, 0.25) is 0 Å². The molecule has 174 valence electrons. The van der Waals surface area contributed by atoms with Crippen LogP contribution in [0.1, 0.15) is 77.6 Å². The molecule has 0 radical (unpaired) electrons. The molecule has 1 aliphatic heterocycles. The number of rotatable bonds is 1. The van der Waals surface area contributed by atoms with Crippen molar-refractivity contribution in [2.45, 2.75) is 52.0 Å². The Bertz CT molecular complexity index is 1300. The number of amides is 1. The summed E-state index contributed by atoms with van der Waals surface area (Å²) in [6.45, 7) is 14.0. The number of carbonyl (C=O) groups is 2. The second-order valence-electron chi connectivity index (χ2n) is 11.2. The summed E-state index contributed by atoms with van der Waals surface area (Å²) in [4.78, 5) is 31.3. The molecule has 2 aromatic rings. The van der Waals surface area contributed by atoms with E-state index >= 15 is 0 Å². The van der Waals surface area contributed by atoms with Crippen molar-refractivity contribution < 1.29 is 9.59 Å². The third kappa shape index (κ3) is 3.40. The molecule has 1 heterocycles. The summed E-state index contributed by atoms with van der Waals surface area (Å²) in [5, 5.41) is 9.30. The molecule has 0 aromatic heterocycles. The number of carbonyl (C=O) groups excluding carboxylic acids is 2. The Labute approximate surface area is 201 Å². The van der Waals surface area contributed by atoms with Crippen LogP contribution in [0.2, 0.25) is 0 Å². The Morgan fingerprint density at radius 2 is 1.68 bits per heavy atom. The van der Waals surface area contributed by atoms with Gasteiger partial charge in [0.05, 0.1) is 11.6 Å². The highest BCUT2D eigenvalue weighted by Crippen LogP contribution is 2.50. The number of allylic oxidation sites excluding steroid dienone is 2. The summed E-state index contributed by atoms with van der Waals surface area (Å²) in [5.41, 5.74) is 6.40. The molecule has 1 amide bonds. The summed E-state index contributed by atoms with van der Waals surface area (Å²) in [7, 11) is 0. The first kappa shape index (κ1) is 22.6. The number of nitrogens with zero attached hydrogens (tertiary/aromatic N) is 3. The van der Waals surface area contributed by atoms with Gasteiger partial charge < -0.3 is 4.90 Å². The van der Waals surface area contributed by atoms with Crippen molar-refractivity contribution >= 4 is 17.3 Å². The van der Waals surface area contributed by atoms with Crippen molar-refractivity contribution in [3.63, 3.8) is 0 Å². The molecule has 3 aliphatic rings. The van der Waals surface area contributed by atoms with Crippen molar-refractivity contribution in [3.05, 3.63) is 75.4 Å². The van der Waals surface area contributed by atoms with Crippen LogP contribution in [-0.2, 0) is 11.8 Å². The normalized spacial score (nSPS) is 19.4. The van der Waals surface area contributed by atoms with E-state index in [0.717, 1.165) is 40.9 Å². The summed E-state index contributed by atoms with van der Waals surface area (Å²) in [6.07, 6.45) is 0.658. The van der Waals surface area contributed by atoms with E-state index in [9.17, 15) is 14.9 Å². The third-order valence-electron chi connectivity index (χ3n) is 7.85. The third-order valence-corrected chi connectivity index (χ3v) is 7.85. The van der Waals surface area contributed by atoms with Gasteiger partial charge >= 0.3 is 0 Å². The van der Waals surface area contributed by atoms with Crippen LogP contribution in [0.25, 0.3) is 5.57 Å². The van der Waals surface area contributed by atoms with Gasteiger partial charge in [-0.15, -0.1) is 0 Å². The number of hydrogen-bond acceptors (Lipinski definition) is 4. The van der Waals surface area contributed by atoms with Crippen LogP contribution in [0.5, 0.6) is 0 Å². The molecule has 2 aromatic carbocycles. The van der Waals surface area contributed by atoms with Crippen molar-refractivity contribution in [1.29, 1.82) is 5.26 Å². The van der Waals surface area contributed by atoms with E-state index < -0.39 is 0 Å². The number of Topliss-reactive ketones (excluding diaryl/α,β-unsaturated/α-hetero) is 1. The summed E-state index contributed by atoms with van der Waals surface area (Å²) in [6, 6.07) is 13.4. The summed E-state index contributed by atoms with van der Waals surface area (Å²) >= 11 is 0. The Balaban J connectivity index is 1.46. The average Bonchev–Trinajstić information content (AvgIpc) is 3.21. The van der Waals surface area contributed by atoms with Crippen LogP contribution in [0.15, 0.2) is 42.0 Å². The van der Waals surface area contributed by atoms with Gasteiger partial charge in [0.25, 0.3) is 5.91 Å². The number of nitriles is 1. The Hall–Kier alpha value is -3.23. The van der Waals surface area contributed by atoms with E-state index in [4.69, 9.17) is 0 Å². The lowest BCUT2D eigenvalue weighted by Crippen LogP contribution is -2.54. The molecule has 0 spiro atoms. The first-order chi connectivity index (χ1) is 16.0. The van der Waals surface area contributed by atoms with Crippen LogP contribution in [0.3, 0.4) is 0 Å². The van der Waals surface area contributed by atoms with Gasteiger partial charge in [0.1, 0.15) is 0 Å². The highest BCUT2D eigenvalue weighted by molar-refractivity contribution is 6.33. The zero-order valence-corrected chi connectivity index (χ0v) is 20.7. The van der Waals surface area contributed by atoms with Gasteiger partial charge in [-0.3, -0.25) is 14.5 Å². The van der Waals surface area contributed by atoms with E-state index in [2.05, 4.69) is 45.6 Å². The predicted molar refractivity (Wildman–Crippen MR) is 133 cm³/mol.